The van der Waals surface area contributed by atoms with Gasteiger partial charge in [0.2, 0.25) is 0 Å². The molecule has 0 unspecified atom stereocenters. The first-order chi connectivity index (χ1) is 10.9. The first-order valence-corrected chi connectivity index (χ1v) is 8.12. The molecular weight excluding hydrogens is 345 g/mol. The fraction of sp³-hybridized carbons (Fsp3) is 0.0667. The Morgan fingerprint density at radius 2 is 2.00 bits per heavy atom. The highest BCUT2D eigenvalue weighted by molar-refractivity contribution is 8.18. The monoisotopic (exact) mass is 354 g/mol. The largest absolute Gasteiger partial charge is 0.416 e. The molecule has 118 valence electrons. The Bertz CT molecular complexity index is 795. The molecule has 1 aromatic carbocycles. The molecule has 8 heteroatoms. The molecule has 1 amide bonds. The highest BCUT2D eigenvalue weighted by Crippen LogP contribution is 2.33. The third-order valence-corrected chi connectivity index (χ3v) is 4.53. The van der Waals surface area contributed by atoms with Crippen molar-refractivity contribution in [3.63, 3.8) is 0 Å². The van der Waals surface area contributed by atoms with Gasteiger partial charge in [-0.2, -0.15) is 13.2 Å². The van der Waals surface area contributed by atoms with Crippen LogP contribution in [0.2, 0.25) is 0 Å². The molecule has 0 atom stereocenters. The quantitative estimate of drug-likeness (QED) is 0.796. The number of nitrogens with zero attached hydrogens (tertiary/aromatic N) is 1. The minimum atomic E-state index is -4.43. The topological polar surface area (TPSA) is 41.5 Å². The number of thioether (sulfide) groups is 1. The predicted octanol–water partition coefficient (Wildman–Crippen LogP) is 5.29. The van der Waals surface area contributed by atoms with E-state index < -0.39 is 11.7 Å². The Kier molecular flexibility index (Phi) is 4.27. The molecule has 1 aromatic heterocycles. The van der Waals surface area contributed by atoms with Crippen molar-refractivity contribution >= 4 is 45.9 Å². The summed E-state index contributed by atoms with van der Waals surface area (Å²) in [5, 5.41) is 4.14. The standard InChI is InChI=1S/C15H9F3N2OS2/c16-15(17,18)9-3-1-4-10(7-9)19-13-12(23-14(21)20-13)8-11-5-2-6-22-11/h1-8H,(H,19,20,21)/b12-8-. The number of amides is 1. The highest BCUT2D eigenvalue weighted by Gasteiger charge is 2.30. The maximum absolute atomic E-state index is 12.7. The van der Waals surface area contributed by atoms with Crippen LogP contribution in [0.25, 0.3) is 6.08 Å². The Balaban J connectivity index is 1.96. The first kappa shape index (κ1) is 15.8. The third-order valence-electron chi connectivity index (χ3n) is 2.89. The maximum Gasteiger partial charge on any atom is 0.416 e. The minimum Gasteiger partial charge on any atom is -0.300 e. The summed E-state index contributed by atoms with van der Waals surface area (Å²) >= 11 is 2.46. The average molecular weight is 354 g/mol. The van der Waals surface area contributed by atoms with Gasteiger partial charge in [-0.05, 0) is 47.5 Å². The molecule has 0 bridgehead atoms. The van der Waals surface area contributed by atoms with Crippen LogP contribution in [0.3, 0.4) is 0 Å². The van der Waals surface area contributed by atoms with Crippen molar-refractivity contribution in [3.8, 4) is 0 Å². The number of hydrogen-bond donors (Lipinski definition) is 1. The summed E-state index contributed by atoms with van der Waals surface area (Å²) < 4.78 is 38.2. The van der Waals surface area contributed by atoms with Crippen molar-refractivity contribution < 1.29 is 18.0 Å². The van der Waals surface area contributed by atoms with E-state index in [0.29, 0.717) is 4.91 Å². The van der Waals surface area contributed by atoms with Gasteiger partial charge in [-0.25, -0.2) is 4.99 Å². The lowest BCUT2D eigenvalue weighted by Gasteiger charge is -2.07. The van der Waals surface area contributed by atoms with Crippen LogP contribution in [0.15, 0.2) is 51.7 Å². The third kappa shape index (κ3) is 3.83. The second-order valence-corrected chi connectivity index (χ2v) is 6.54. The number of carbonyl (C=O) groups excluding carboxylic acids is 1. The number of nitrogens with one attached hydrogen (secondary N) is 1. The summed E-state index contributed by atoms with van der Waals surface area (Å²) in [6.07, 6.45) is -2.65. The van der Waals surface area contributed by atoms with E-state index in [1.807, 2.05) is 17.5 Å². The molecule has 3 nitrogen and oxygen atoms in total. The first-order valence-electron chi connectivity index (χ1n) is 6.42. The Morgan fingerprint density at radius 3 is 2.70 bits per heavy atom. The Labute approximate surface area is 137 Å². The molecule has 1 aliphatic rings. The molecular formula is C15H9F3N2OS2. The van der Waals surface area contributed by atoms with E-state index >= 15 is 0 Å². The second kappa shape index (κ2) is 6.21. The number of alkyl halides is 3. The van der Waals surface area contributed by atoms with Crippen LogP contribution < -0.4 is 5.32 Å². The fourth-order valence-electron chi connectivity index (χ4n) is 1.90. The predicted molar refractivity (Wildman–Crippen MR) is 87.0 cm³/mol. The van der Waals surface area contributed by atoms with Crippen LogP contribution in [0.1, 0.15) is 10.4 Å². The van der Waals surface area contributed by atoms with E-state index in [1.165, 1.54) is 23.5 Å². The van der Waals surface area contributed by atoms with Gasteiger partial charge in [-0.3, -0.25) is 4.79 Å². The second-order valence-electron chi connectivity index (χ2n) is 4.55. The molecule has 1 aliphatic heterocycles. The van der Waals surface area contributed by atoms with Crippen LogP contribution in [0.4, 0.5) is 23.7 Å². The smallest absolute Gasteiger partial charge is 0.300 e. The lowest BCUT2D eigenvalue weighted by atomic mass is 10.2. The molecule has 3 rings (SSSR count). The summed E-state index contributed by atoms with van der Waals surface area (Å²) in [6.45, 7) is 0. The van der Waals surface area contributed by atoms with Gasteiger partial charge < -0.3 is 5.32 Å². The number of aliphatic imine (C=N–C) groups is 1. The number of rotatable bonds is 2. The maximum atomic E-state index is 12.7. The number of benzene rings is 1. The highest BCUT2D eigenvalue weighted by atomic mass is 32.2. The van der Waals surface area contributed by atoms with E-state index in [4.69, 9.17) is 0 Å². The minimum absolute atomic E-state index is 0.134. The number of amidine groups is 1. The van der Waals surface area contributed by atoms with Gasteiger partial charge in [-0.15, -0.1) is 11.3 Å². The van der Waals surface area contributed by atoms with Crippen LogP contribution in [0, 0.1) is 0 Å². The molecule has 1 saturated heterocycles. The molecule has 0 spiro atoms. The van der Waals surface area contributed by atoms with E-state index in [1.54, 1.807) is 6.08 Å². The molecule has 0 aliphatic carbocycles. The van der Waals surface area contributed by atoms with Gasteiger partial charge in [-0.1, -0.05) is 12.1 Å². The van der Waals surface area contributed by atoms with Crippen LogP contribution in [0.5, 0.6) is 0 Å². The molecule has 2 heterocycles. The van der Waals surface area contributed by atoms with Crippen molar-refractivity contribution in [2.45, 2.75) is 6.18 Å². The summed E-state index contributed by atoms with van der Waals surface area (Å²) in [5.74, 6) is 0.257. The van der Waals surface area contributed by atoms with E-state index in [0.717, 1.165) is 28.8 Å². The van der Waals surface area contributed by atoms with Gasteiger partial charge in [0.1, 0.15) is 5.84 Å². The van der Waals surface area contributed by atoms with Gasteiger partial charge in [0.05, 0.1) is 16.2 Å². The van der Waals surface area contributed by atoms with Crippen LogP contribution in [-0.4, -0.2) is 11.1 Å². The van der Waals surface area contributed by atoms with Gasteiger partial charge in [0.25, 0.3) is 5.24 Å². The van der Waals surface area contributed by atoms with Gasteiger partial charge in [0.15, 0.2) is 0 Å². The van der Waals surface area contributed by atoms with Gasteiger partial charge >= 0.3 is 6.18 Å². The normalized spacial score (nSPS) is 18.7. The molecule has 1 N–H and O–H groups in total. The fourth-order valence-corrected chi connectivity index (χ4v) is 3.35. The van der Waals surface area contributed by atoms with E-state index in [2.05, 4.69) is 10.3 Å². The van der Waals surface area contributed by atoms with E-state index in [-0.39, 0.29) is 16.8 Å². The summed E-state index contributed by atoms with van der Waals surface area (Å²) in [7, 11) is 0. The summed E-state index contributed by atoms with van der Waals surface area (Å²) in [5.41, 5.74) is -0.644. The summed E-state index contributed by atoms with van der Waals surface area (Å²) in [4.78, 5) is 17.2. The number of halogens is 3. The molecule has 1 fully saturated rings. The van der Waals surface area contributed by atoms with Crippen molar-refractivity contribution in [2.24, 2.45) is 4.99 Å². The van der Waals surface area contributed by atoms with Crippen molar-refractivity contribution in [3.05, 3.63) is 57.1 Å². The van der Waals surface area contributed by atoms with Gasteiger partial charge in [0, 0.05) is 4.88 Å². The molecule has 0 radical (unpaired) electrons. The number of hydrogen-bond acceptors (Lipinski definition) is 4. The average Bonchev–Trinajstić information content (AvgIpc) is 3.09. The lowest BCUT2D eigenvalue weighted by molar-refractivity contribution is -0.137. The molecule has 0 saturated carbocycles. The lowest BCUT2D eigenvalue weighted by Crippen LogP contribution is -2.18. The zero-order valence-corrected chi connectivity index (χ0v) is 13.1. The number of carbonyl (C=O) groups is 1. The molecule has 2 aromatic rings. The molecule has 23 heavy (non-hydrogen) atoms. The van der Waals surface area contributed by atoms with Crippen LogP contribution in [-0.2, 0) is 6.18 Å². The van der Waals surface area contributed by atoms with Crippen molar-refractivity contribution in [2.75, 3.05) is 0 Å². The van der Waals surface area contributed by atoms with Crippen molar-refractivity contribution in [1.29, 1.82) is 0 Å². The number of thiophene rings is 1. The Hall–Kier alpha value is -2.06. The van der Waals surface area contributed by atoms with Crippen molar-refractivity contribution in [1.82, 2.24) is 5.32 Å². The summed E-state index contributed by atoms with van der Waals surface area (Å²) in [6, 6.07) is 8.42. The SMILES string of the molecule is O=C1NC(=Nc2cccc(C(F)(F)F)c2)/C(=C/c2cccs2)S1. The van der Waals surface area contributed by atoms with E-state index in [9.17, 15) is 18.0 Å². The van der Waals surface area contributed by atoms with Crippen LogP contribution >= 0.6 is 23.1 Å². The Morgan fingerprint density at radius 1 is 1.17 bits per heavy atom. The zero-order chi connectivity index (χ0) is 16.4. The zero-order valence-electron chi connectivity index (χ0n) is 11.4.